The number of carbonyl (C=O) groups excluding carboxylic acids is 3. The van der Waals surface area contributed by atoms with Gasteiger partial charge in [-0.05, 0) is 45.1 Å². The third-order valence-corrected chi connectivity index (χ3v) is 8.03. The lowest BCUT2D eigenvalue weighted by atomic mass is 9.91. The van der Waals surface area contributed by atoms with Crippen molar-refractivity contribution in [3.8, 4) is 0 Å². The molecule has 2 aliphatic rings. The number of hydrogen-bond acceptors (Lipinski definition) is 11. The van der Waals surface area contributed by atoms with E-state index in [9.17, 15) is 44.1 Å². The van der Waals surface area contributed by atoms with Gasteiger partial charge in [-0.15, -0.1) is 0 Å². The molecule has 0 aromatic carbocycles. The van der Waals surface area contributed by atoms with E-state index in [1.807, 2.05) is 0 Å². The summed E-state index contributed by atoms with van der Waals surface area (Å²) >= 11 is 0. The molecule has 2 amide bonds. The van der Waals surface area contributed by atoms with E-state index in [2.05, 4.69) is 10.6 Å². The molecule has 0 bridgehead atoms. The Bertz CT molecular complexity index is 962. The van der Waals surface area contributed by atoms with E-state index in [4.69, 9.17) is 5.73 Å². The summed E-state index contributed by atoms with van der Waals surface area (Å²) in [7, 11) is 0. The summed E-state index contributed by atoms with van der Waals surface area (Å²) < 4.78 is 0. The first-order valence-electron chi connectivity index (χ1n) is 15.3. The Kier molecular flexibility index (Phi) is 16.8. The number of carbonyl (C=O) groups is 6. The SMILES string of the molecule is NCCCC(=O)NC1CCC(NC(=O)CCC(C(=O)O)N2CCN(CC(=O)O)CCN(CC=O)CN(CC(=O)O)CC2)CC1. The molecule has 7 N–H and O–H groups in total. The van der Waals surface area contributed by atoms with Gasteiger partial charge in [0.1, 0.15) is 12.3 Å². The number of aliphatic carboxylic acids is 3. The van der Waals surface area contributed by atoms with Gasteiger partial charge in [-0.25, -0.2) is 0 Å². The lowest BCUT2D eigenvalue weighted by Gasteiger charge is -2.33. The van der Waals surface area contributed by atoms with Crippen molar-refractivity contribution >= 4 is 36.0 Å². The van der Waals surface area contributed by atoms with E-state index in [1.165, 1.54) is 0 Å². The maximum atomic E-state index is 12.8. The number of amides is 2. The van der Waals surface area contributed by atoms with E-state index in [0.29, 0.717) is 45.1 Å². The first-order valence-corrected chi connectivity index (χ1v) is 15.3. The Morgan fingerprint density at radius 1 is 0.750 bits per heavy atom. The molecule has 0 spiro atoms. The van der Waals surface area contributed by atoms with Gasteiger partial charge in [0, 0.05) is 64.2 Å². The summed E-state index contributed by atoms with van der Waals surface area (Å²) in [6.07, 6.45) is 4.56. The molecule has 1 aliphatic carbocycles. The molecule has 250 valence electrons. The Hall–Kier alpha value is -3.18. The average Bonchev–Trinajstić information content (AvgIpc) is 2.98. The van der Waals surface area contributed by atoms with Crippen LogP contribution in [0.15, 0.2) is 0 Å². The minimum atomic E-state index is -1.13. The highest BCUT2D eigenvalue weighted by atomic mass is 16.4. The summed E-state index contributed by atoms with van der Waals surface area (Å²) in [5, 5.41) is 34.9. The lowest BCUT2D eigenvalue weighted by molar-refractivity contribution is -0.145. The zero-order valence-corrected chi connectivity index (χ0v) is 25.4. The Balaban J connectivity index is 2.01. The van der Waals surface area contributed by atoms with Gasteiger partial charge in [0.05, 0.1) is 26.3 Å². The van der Waals surface area contributed by atoms with E-state index < -0.39 is 23.9 Å². The summed E-state index contributed by atoms with van der Waals surface area (Å²) in [6.45, 7) is 1.46. The van der Waals surface area contributed by atoms with Crippen LogP contribution in [0.1, 0.15) is 51.4 Å². The van der Waals surface area contributed by atoms with Crippen molar-refractivity contribution in [2.24, 2.45) is 5.73 Å². The number of carboxylic acids is 3. The van der Waals surface area contributed by atoms with Gasteiger partial charge in [0.2, 0.25) is 11.8 Å². The molecule has 2 rings (SSSR count). The van der Waals surface area contributed by atoms with Crippen LogP contribution in [0.25, 0.3) is 0 Å². The molecule has 1 unspecified atom stereocenters. The van der Waals surface area contributed by atoms with Crippen molar-refractivity contribution in [3.63, 3.8) is 0 Å². The maximum Gasteiger partial charge on any atom is 0.320 e. The number of rotatable bonds is 16. The molecule has 1 saturated heterocycles. The predicted molar refractivity (Wildman–Crippen MR) is 159 cm³/mol. The minimum absolute atomic E-state index is 0.0167. The van der Waals surface area contributed by atoms with Crippen LogP contribution in [0.2, 0.25) is 0 Å². The Labute approximate surface area is 257 Å². The zero-order chi connectivity index (χ0) is 32.5. The van der Waals surface area contributed by atoms with Crippen LogP contribution in [0, 0.1) is 0 Å². The third kappa shape index (κ3) is 14.5. The van der Waals surface area contributed by atoms with Crippen LogP contribution in [-0.2, 0) is 28.8 Å². The highest BCUT2D eigenvalue weighted by Gasteiger charge is 2.30. The van der Waals surface area contributed by atoms with Crippen LogP contribution in [0.5, 0.6) is 0 Å². The van der Waals surface area contributed by atoms with Crippen molar-refractivity contribution in [1.82, 2.24) is 30.2 Å². The molecule has 1 aliphatic heterocycles. The van der Waals surface area contributed by atoms with Gasteiger partial charge in [-0.1, -0.05) is 0 Å². The van der Waals surface area contributed by atoms with Gasteiger partial charge >= 0.3 is 17.9 Å². The summed E-state index contributed by atoms with van der Waals surface area (Å²) in [4.78, 5) is 78.0. The standard InChI is InChI=1S/C28H49N7O9/c29-9-1-2-24(37)30-21-3-5-22(6-4-21)31-25(38)8-7-23(28(43)44)35-14-12-32(18-26(39)40)10-11-33(16-17-36)20-34(13-15-35)19-27(41)42/h17,21-23H,1-16,18-20,29H2,(H,30,37)(H,31,38)(H,39,40)(H,41,42)(H,43,44). The van der Waals surface area contributed by atoms with E-state index in [0.717, 1.165) is 12.8 Å². The van der Waals surface area contributed by atoms with Gasteiger partial charge in [0.15, 0.2) is 0 Å². The fourth-order valence-corrected chi connectivity index (χ4v) is 5.68. The number of carboxylic acid groups (broad SMARTS) is 3. The summed E-state index contributed by atoms with van der Waals surface area (Å²) in [5.74, 6) is -3.54. The van der Waals surface area contributed by atoms with Crippen LogP contribution in [-0.4, -0.2) is 161 Å². The number of aldehydes is 1. The van der Waals surface area contributed by atoms with E-state index >= 15 is 0 Å². The van der Waals surface area contributed by atoms with Crippen molar-refractivity contribution in [1.29, 1.82) is 0 Å². The minimum Gasteiger partial charge on any atom is -0.480 e. The first-order chi connectivity index (χ1) is 21.0. The van der Waals surface area contributed by atoms with Gasteiger partial charge in [-0.2, -0.15) is 0 Å². The molecule has 1 atom stereocenters. The van der Waals surface area contributed by atoms with Gasteiger partial charge in [-0.3, -0.25) is 43.6 Å². The second-order valence-electron chi connectivity index (χ2n) is 11.5. The number of hydrogen-bond donors (Lipinski definition) is 6. The second kappa shape index (κ2) is 20.0. The summed E-state index contributed by atoms with van der Waals surface area (Å²) in [6, 6.07) is -1.06. The molecule has 2 fully saturated rings. The molecule has 1 saturated carbocycles. The highest BCUT2D eigenvalue weighted by molar-refractivity contribution is 5.79. The Morgan fingerprint density at radius 3 is 1.77 bits per heavy atom. The average molecular weight is 628 g/mol. The first kappa shape index (κ1) is 37.0. The molecule has 1 heterocycles. The topological polar surface area (TPSA) is 226 Å². The molecular formula is C28H49N7O9. The fourth-order valence-electron chi connectivity index (χ4n) is 5.68. The molecule has 44 heavy (non-hydrogen) atoms. The van der Waals surface area contributed by atoms with Crippen molar-refractivity contribution in [3.05, 3.63) is 0 Å². The molecule has 0 radical (unpaired) electrons. The summed E-state index contributed by atoms with van der Waals surface area (Å²) in [5.41, 5.74) is 5.45. The Morgan fingerprint density at radius 2 is 1.25 bits per heavy atom. The smallest absolute Gasteiger partial charge is 0.320 e. The molecule has 0 aromatic rings. The predicted octanol–water partition coefficient (Wildman–Crippen LogP) is -1.95. The lowest BCUT2D eigenvalue weighted by Crippen LogP contribution is -2.49. The highest BCUT2D eigenvalue weighted by Crippen LogP contribution is 2.19. The quantitative estimate of drug-likeness (QED) is 0.102. The molecule has 16 nitrogen and oxygen atoms in total. The maximum absolute atomic E-state index is 12.8. The number of nitrogens with two attached hydrogens (primary N) is 1. The normalized spacial score (nSPS) is 22.3. The van der Waals surface area contributed by atoms with E-state index in [-0.39, 0.29) is 95.8 Å². The van der Waals surface area contributed by atoms with Crippen LogP contribution < -0.4 is 16.4 Å². The second-order valence-corrected chi connectivity index (χ2v) is 11.5. The largest absolute Gasteiger partial charge is 0.480 e. The fraction of sp³-hybridized carbons (Fsp3) is 0.786. The molecule has 0 aromatic heterocycles. The van der Waals surface area contributed by atoms with Crippen molar-refractivity contribution in [2.75, 3.05) is 72.1 Å². The van der Waals surface area contributed by atoms with Crippen molar-refractivity contribution in [2.45, 2.75) is 69.5 Å². The van der Waals surface area contributed by atoms with Gasteiger partial charge in [0.25, 0.3) is 0 Å². The molecule has 16 heteroatoms. The zero-order valence-electron chi connectivity index (χ0n) is 25.4. The van der Waals surface area contributed by atoms with Crippen molar-refractivity contribution < 1.29 is 44.1 Å². The molecular weight excluding hydrogens is 578 g/mol. The number of nitrogens with zero attached hydrogens (tertiary/aromatic N) is 4. The third-order valence-electron chi connectivity index (χ3n) is 8.03. The monoisotopic (exact) mass is 627 g/mol. The van der Waals surface area contributed by atoms with Crippen LogP contribution in [0.4, 0.5) is 0 Å². The number of nitrogens with one attached hydrogen (secondary N) is 2. The van der Waals surface area contributed by atoms with E-state index in [1.54, 1.807) is 19.6 Å². The van der Waals surface area contributed by atoms with Crippen LogP contribution in [0.3, 0.4) is 0 Å². The van der Waals surface area contributed by atoms with Gasteiger partial charge < -0.3 is 36.5 Å². The van der Waals surface area contributed by atoms with Crippen LogP contribution >= 0.6 is 0 Å².